The van der Waals surface area contributed by atoms with Crippen molar-refractivity contribution in [2.45, 2.75) is 6.18 Å². The molecule has 0 heterocycles. The van der Waals surface area contributed by atoms with E-state index in [0.29, 0.717) is 11.5 Å². The lowest BCUT2D eigenvalue weighted by Gasteiger charge is -2.08. The minimum absolute atomic E-state index is 0.0481. The maximum Gasteiger partial charge on any atom is 0.707 e. The van der Waals surface area contributed by atoms with Gasteiger partial charge in [-0.15, -0.1) is 0 Å². The summed E-state index contributed by atoms with van der Waals surface area (Å²) in [4.78, 5) is 0. The van der Waals surface area contributed by atoms with Crippen molar-refractivity contribution in [2.24, 2.45) is 0 Å². The molecule has 0 bridgehead atoms. The van der Waals surface area contributed by atoms with Crippen LogP contribution in [0.1, 0.15) is 5.56 Å². The van der Waals surface area contributed by atoms with Crippen molar-refractivity contribution in [1.82, 2.24) is 0 Å². The van der Waals surface area contributed by atoms with E-state index >= 15 is 0 Å². The van der Waals surface area contributed by atoms with E-state index in [-0.39, 0.29) is 5.75 Å². The van der Waals surface area contributed by atoms with E-state index < -0.39 is 26.4 Å². The van der Waals surface area contributed by atoms with Crippen LogP contribution in [0.3, 0.4) is 0 Å². The molecular weight excluding hydrogens is 359 g/mol. The second kappa shape index (κ2) is 9.92. The highest BCUT2D eigenvalue weighted by atomic mass is 19.4. The summed E-state index contributed by atoms with van der Waals surface area (Å²) < 4.78 is 49.9. The van der Waals surface area contributed by atoms with Crippen LogP contribution < -0.4 is 14.0 Å². The van der Waals surface area contributed by atoms with Gasteiger partial charge in [-0.1, -0.05) is 0 Å². The third-order valence-corrected chi connectivity index (χ3v) is 2.72. The Morgan fingerprint density at radius 2 is 1.04 bits per heavy atom. The molecule has 0 aliphatic heterocycles. The van der Waals surface area contributed by atoms with Gasteiger partial charge in [0.2, 0.25) is 0 Å². The molecule has 0 unspecified atom stereocenters. The third kappa shape index (κ3) is 8.12. The minimum atomic E-state index is -4.41. The molecule has 26 heavy (non-hydrogen) atoms. The van der Waals surface area contributed by atoms with Gasteiger partial charge in [-0.2, -0.15) is 13.2 Å². The summed E-state index contributed by atoms with van der Waals surface area (Å²) in [6.45, 7) is 0. The summed E-state index contributed by atoms with van der Waals surface area (Å²) >= 11 is 0. The predicted octanol–water partition coefficient (Wildman–Crippen LogP) is 1.10. The summed E-state index contributed by atoms with van der Waals surface area (Å²) in [5, 5.41) is 33.6. The van der Waals surface area contributed by atoms with E-state index in [1.807, 2.05) is 0 Å². The fourth-order valence-corrected chi connectivity index (χ4v) is 1.62. The number of methoxy groups -OCH3 is 1. The van der Waals surface area contributed by atoms with Gasteiger partial charge in [0.25, 0.3) is 0 Å². The number of halogens is 3. The molecule has 0 saturated carbocycles. The van der Waals surface area contributed by atoms with E-state index in [1.54, 1.807) is 31.4 Å². The van der Waals surface area contributed by atoms with E-state index in [9.17, 15) is 13.2 Å². The molecule has 140 valence electrons. The van der Waals surface area contributed by atoms with Gasteiger partial charge in [-0.25, -0.2) is 0 Å². The van der Waals surface area contributed by atoms with Crippen LogP contribution in [0.25, 0.3) is 0 Å². The van der Waals surface area contributed by atoms with Gasteiger partial charge in [0.15, 0.2) is 0 Å². The van der Waals surface area contributed by atoms with Crippen LogP contribution in [0, 0.1) is 0 Å². The first-order valence-electron chi connectivity index (χ1n) is 6.98. The molecule has 7 nitrogen and oxygen atoms in total. The maximum absolute atomic E-state index is 12.0. The van der Waals surface area contributed by atoms with E-state index in [4.69, 9.17) is 24.8 Å². The lowest BCUT2D eigenvalue weighted by Crippen LogP contribution is -2.20. The smallest absolute Gasteiger partial charge is 0.512 e. The van der Waals surface area contributed by atoms with Gasteiger partial charge < -0.3 is 34.1 Å². The highest BCUT2D eigenvalue weighted by Gasteiger charge is 2.30. The molecule has 2 aromatic rings. The Hall–Kier alpha value is -2.40. The van der Waals surface area contributed by atoms with Crippen LogP contribution in [0.15, 0.2) is 48.5 Å². The number of hydrogen-bond acceptors (Lipinski definition) is 7. The number of rotatable bonds is 5. The van der Waals surface area contributed by atoms with Crippen LogP contribution >= 0.6 is 0 Å². The van der Waals surface area contributed by atoms with Gasteiger partial charge in [-0.3, -0.25) is 0 Å². The monoisotopic (exact) mass is 374 g/mol. The largest absolute Gasteiger partial charge is 0.707 e. The molecule has 0 spiro atoms. The number of benzene rings is 2. The van der Waals surface area contributed by atoms with Crippen LogP contribution in [0.5, 0.6) is 17.2 Å². The first-order chi connectivity index (χ1) is 12.1. The van der Waals surface area contributed by atoms with Crippen molar-refractivity contribution < 1.29 is 47.3 Å². The Morgan fingerprint density at radius 3 is 1.35 bits per heavy atom. The Kier molecular flexibility index (Phi) is 8.26. The first-order valence-corrected chi connectivity index (χ1v) is 6.98. The zero-order chi connectivity index (χ0) is 19.7. The second-order valence-corrected chi connectivity index (χ2v) is 4.59. The van der Waals surface area contributed by atoms with Crippen molar-refractivity contribution in [3.8, 4) is 17.2 Å². The fourth-order valence-electron chi connectivity index (χ4n) is 1.62. The summed E-state index contributed by atoms with van der Waals surface area (Å²) in [6, 6.07) is 10.1. The van der Waals surface area contributed by atoms with Crippen molar-refractivity contribution in [3.63, 3.8) is 0 Å². The zero-order valence-corrected chi connectivity index (χ0v) is 13.4. The van der Waals surface area contributed by atoms with Gasteiger partial charge in [0, 0.05) is 0 Å². The molecule has 0 saturated heterocycles. The molecule has 0 aliphatic carbocycles. The first kappa shape index (κ1) is 21.6. The predicted molar refractivity (Wildman–Crippen MR) is 86.1 cm³/mol. The number of ether oxygens (including phenoxy) is 1. The van der Waals surface area contributed by atoms with Crippen LogP contribution in [0.4, 0.5) is 13.2 Å². The molecule has 0 aliphatic rings. The lowest BCUT2D eigenvalue weighted by atomic mass is 10.2. The molecule has 4 N–H and O–H groups in total. The summed E-state index contributed by atoms with van der Waals surface area (Å²) in [7, 11) is -2.26. The Bertz CT molecular complexity index is 649. The highest BCUT2D eigenvalue weighted by molar-refractivity contribution is 6.34. The van der Waals surface area contributed by atoms with Crippen molar-refractivity contribution in [2.75, 3.05) is 7.11 Å². The van der Waals surface area contributed by atoms with Crippen molar-refractivity contribution in [3.05, 3.63) is 54.1 Å². The quantitative estimate of drug-likeness (QED) is 0.581. The lowest BCUT2D eigenvalue weighted by molar-refractivity contribution is -0.137. The van der Waals surface area contributed by atoms with Gasteiger partial charge in [-0.05, 0) is 48.5 Å². The average Bonchev–Trinajstić information content (AvgIpc) is 2.55. The summed E-state index contributed by atoms with van der Waals surface area (Å²) in [5.74, 6) is 1.02. The van der Waals surface area contributed by atoms with E-state index in [2.05, 4.69) is 9.31 Å². The molecule has 0 aromatic heterocycles. The molecule has 2 aromatic carbocycles. The second-order valence-electron chi connectivity index (χ2n) is 4.59. The van der Waals surface area contributed by atoms with Crippen LogP contribution in [-0.2, 0) is 6.18 Å². The molecule has 0 amide bonds. The summed E-state index contributed by atoms with van der Waals surface area (Å²) in [5.41, 5.74) is -0.822. The fraction of sp³-hybridized carbons (Fsp3) is 0.143. The van der Waals surface area contributed by atoms with Crippen LogP contribution in [-0.4, -0.2) is 41.8 Å². The van der Waals surface area contributed by atoms with E-state index in [1.165, 1.54) is 0 Å². The molecule has 2 rings (SSSR count). The topological polar surface area (TPSA) is 109 Å². The number of alkyl halides is 3. The minimum Gasteiger partial charge on any atom is -0.512 e. The molecule has 12 heteroatoms. The van der Waals surface area contributed by atoms with Crippen molar-refractivity contribution >= 4 is 14.6 Å². The SMILES string of the molecule is COc1ccc(OB(O)O)cc1.OB(O)Oc1ccc(C(F)(F)F)cc1. The van der Waals surface area contributed by atoms with Gasteiger partial charge in [0.1, 0.15) is 17.2 Å². The number of hydrogen-bond donors (Lipinski definition) is 4. The highest BCUT2D eigenvalue weighted by Crippen LogP contribution is 2.30. The van der Waals surface area contributed by atoms with E-state index in [0.717, 1.165) is 24.3 Å². The Labute approximate surface area is 147 Å². The van der Waals surface area contributed by atoms with Gasteiger partial charge in [0.05, 0.1) is 12.7 Å². The summed E-state index contributed by atoms with van der Waals surface area (Å²) in [6.07, 6.45) is -4.41. The maximum atomic E-state index is 12.0. The third-order valence-electron chi connectivity index (χ3n) is 2.72. The molecule has 0 radical (unpaired) electrons. The molecule has 0 fully saturated rings. The van der Waals surface area contributed by atoms with Crippen LogP contribution in [0.2, 0.25) is 0 Å². The molecule has 0 atom stereocenters. The standard InChI is InChI=1S/C7H6BF3O3.C7H9BO4/c9-7(10,11)5-1-3-6(4-2-5)14-8(12)13;1-11-6-2-4-7(5-3-6)12-8(9)10/h1-4,12-13H;2-5,9-10H,1H3. The molecular formula is C14H15B2F3O7. The van der Waals surface area contributed by atoms with Gasteiger partial charge >= 0.3 is 20.8 Å². The normalized spacial score (nSPS) is 10.3. The Balaban J connectivity index is 0.000000263. The average molecular weight is 374 g/mol. The zero-order valence-electron chi connectivity index (χ0n) is 13.4. The van der Waals surface area contributed by atoms with Crippen molar-refractivity contribution in [1.29, 1.82) is 0 Å². The Morgan fingerprint density at radius 1 is 0.692 bits per heavy atom.